The van der Waals surface area contributed by atoms with Gasteiger partial charge in [0.1, 0.15) is 7.05 Å². The van der Waals surface area contributed by atoms with Crippen LogP contribution in [0.3, 0.4) is 0 Å². The smallest absolute Gasteiger partial charge is 0.201 e. The van der Waals surface area contributed by atoms with Crippen LogP contribution < -0.4 is 0 Å². The summed E-state index contributed by atoms with van der Waals surface area (Å²) in [5.41, 5.74) is 2.63. The molecule has 0 aliphatic rings. The summed E-state index contributed by atoms with van der Waals surface area (Å²) in [7, 11) is 1.98. The molecule has 0 aromatic heterocycles. The Morgan fingerprint density at radius 3 is 2.50 bits per heavy atom. The highest BCUT2D eigenvalue weighted by molar-refractivity contribution is 6.26. The number of allylic oxidation sites excluding steroid dienone is 1. The second kappa shape index (κ2) is 4.73. The molecule has 0 saturated carbocycles. The van der Waals surface area contributed by atoms with Gasteiger partial charge in [0.25, 0.3) is 0 Å². The zero-order valence-corrected chi connectivity index (χ0v) is 7.70. The molecule has 0 aliphatic carbocycles. The molecule has 0 aliphatic heterocycles. The number of hydrogen-bond acceptors (Lipinski definition) is 0. The Bertz CT molecular complexity index is 288. The average molecular weight is 181 g/mol. The van der Waals surface area contributed by atoms with Gasteiger partial charge in [-0.05, 0) is 0 Å². The van der Waals surface area contributed by atoms with Crippen LogP contribution in [0.1, 0.15) is 0 Å². The summed E-state index contributed by atoms with van der Waals surface area (Å²) in [6.07, 6.45) is 3.69. The molecule has 0 atom stereocenters. The van der Waals surface area contributed by atoms with Crippen molar-refractivity contribution >= 4 is 23.5 Å². The van der Waals surface area contributed by atoms with Crippen LogP contribution in [0.4, 0.5) is 5.69 Å². The molecule has 0 unspecified atom stereocenters. The van der Waals surface area contributed by atoms with Gasteiger partial charge in [-0.25, -0.2) is 4.58 Å². The molecule has 1 aromatic carbocycles. The van der Waals surface area contributed by atoms with Crippen molar-refractivity contribution in [1.82, 2.24) is 0 Å². The van der Waals surface area contributed by atoms with Gasteiger partial charge in [-0.1, -0.05) is 29.8 Å². The molecule has 0 N–H and O–H groups in total. The molecule has 0 fully saturated rings. The van der Waals surface area contributed by atoms with Gasteiger partial charge >= 0.3 is 0 Å². The molecule has 0 heterocycles. The summed E-state index contributed by atoms with van der Waals surface area (Å²) in [4.78, 5) is 0. The van der Waals surface area contributed by atoms with Crippen LogP contribution in [0.2, 0.25) is 0 Å². The van der Waals surface area contributed by atoms with E-state index in [0.29, 0.717) is 0 Å². The van der Waals surface area contributed by atoms with Gasteiger partial charge in [-0.2, -0.15) is 0 Å². The van der Waals surface area contributed by atoms with E-state index in [9.17, 15) is 0 Å². The number of hydrogen-bond donors (Lipinski definition) is 0. The molecular weight excluding hydrogens is 170 g/mol. The van der Waals surface area contributed by atoms with Crippen LogP contribution in [0.15, 0.2) is 41.9 Å². The lowest BCUT2D eigenvalue weighted by molar-refractivity contribution is -0.398. The maximum atomic E-state index is 5.39. The molecule has 0 amide bonds. The molecule has 12 heavy (non-hydrogen) atoms. The number of halogens is 1. The number of para-hydroxylation sites is 1. The van der Waals surface area contributed by atoms with Gasteiger partial charge in [-0.15, -0.1) is 0 Å². The predicted octanol–water partition coefficient (Wildman–Crippen LogP) is 2.78. The van der Waals surface area contributed by atoms with Crippen LogP contribution in [-0.4, -0.2) is 17.8 Å². The van der Waals surface area contributed by atoms with Crippen molar-refractivity contribution < 1.29 is 4.58 Å². The van der Waals surface area contributed by atoms with E-state index < -0.39 is 0 Å². The van der Waals surface area contributed by atoms with Gasteiger partial charge in [0, 0.05) is 23.7 Å². The van der Waals surface area contributed by atoms with E-state index in [0.717, 1.165) is 5.69 Å². The minimum atomic E-state index is 1.15. The Hall–Kier alpha value is -1.08. The number of benzene rings is 1. The summed E-state index contributed by atoms with van der Waals surface area (Å²) in [5, 5.41) is 0. The highest BCUT2D eigenvalue weighted by Crippen LogP contribution is 2.06. The maximum Gasteiger partial charge on any atom is 0.204 e. The third-order valence-electron chi connectivity index (χ3n) is 1.55. The highest BCUT2D eigenvalue weighted by Gasteiger charge is 1.97. The summed E-state index contributed by atoms with van der Waals surface area (Å²) >= 11 is 5.39. The van der Waals surface area contributed by atoms with E-state index in [4.69, 9.17) is 11.6 Å². The second-order valence-corrected chi connectivity index (χ2v) is 2.67. The van der Waals surface area contributed by atoms with Crippen molar-refractivity contribution in [2.45, 2.75) is 0 Å². The zero-order chi connectivity index (χ0) is 8.81. The third kappa shape index (κ3) is 2.51. The Kier molecular flexibility index (Phi) is 3.55. The quantitative estimate of drug-likeness (QED) is 0.487. The maximum absolute atomic E-state index is 5.39. The molecule has 0 radical (unpaired) electrons. The van der Waals surface area contributed by atoms with Crippen LogP contribution in [-0.2, 0) is 0 Å². The molecule has 0 spiro atoms. The summed E-state index contributed by atoms with van der Waals surface area (Å²) in [5.74, 6) is 0. The Morgan fingerprint density at radius 1 is 1.25 bits per heavy atom. The Labute approximate surface area is 77.6 Å². The lowest BCUT2D eigenvalue weighted by Gasteiger charge is -1.92. The zero-order valence-electron chi connectivity index (χ0n) is 6.94. The van der Waals surface area contributed by atoms with Crippen molar-refractivity contribution in [2.24, 2.45) is 0 Å². The second-order valence-electron chi connectivity index (χ2n) is 2.41. The topological polar surface area (TPSA) is 3.01 Å². The standard InChI is InChI=1S/C10H11ClN/c1-12(9-5-8-11)10-6-3-2-4-7-10/h2-9H,1H3/q+1/b8-5+,12-9?. The fourth-order valence-electron chi connectivity index (χ4n) is 0.911. The lowest BCUT2D eigenvalue weighted by Crippen LogP contribution is -1.96. The monoisotopic (exact) mass is 180 g/mol. The van der Waals surface area contributed by atoms with Crippen LogP contribution in [0.5, 0.6) is 0 Å². The largest absolute Gasteiger partial charge is 0.204 e. The van der Waals surface area contributed by atoms with Gasteiger partial charge in [0.15, 0.2) is 6.21 Å². The van der Waals surface area contributed by atoms with Crippen LogP contribution in [0, 0.1) is 0 Å². The first-order valence-corrected chi connectivity index (χ1v) is 4.16. The molecular formula is C10H11ClN+. The summed E-state index contributed by atoms with van der Waals surface area (Å²) < 4.78 is 2.00. The number of rotatable bonds is 2. The van der Waals surface area contributed by atoms with Gasteiger partial charge in [0.05, 0.1) is 0 Å². The average Bonchev–Trinajstić information content (AvgIpc) is 2.15. The van der Waals surface area contributed by atoms with E-state index in [2.05, 4.69) is 0 Å². The Balaban J connectivity index is 2.85. The molecule has 1 aromatic rings. The van der Waals surface area contributed by atoms with Gasteiger partial charge in [0.2, 0.25) is 5.69 Å². The number of nitrogens with zero attached hydrogens (tertiary/aromatic N) is 1. The van der Waals surface area contributed by atoms with E-state index >= 15 is 0 Å². The fourth-order valence-corrected chi connectivity index (χ4v) is 0.976. The van der Waals surface area contributed by atoms with Crippen molar-refractivity contribution in [1.29, 1.82) is 0 Å². The lowest BCUT2D eigenvalue weighted by atomic mass is 10.3. The van der Waals surface area contributed by atoms with Gasteiger partial charge < -0.3 is 0 Å². The normalized spacial score (nSPS) is 12.3. The minimum Gasteiger partial charge on any atom is -0.201 e. The van der Waals surface area contributed by atoms with Crippen molar-refractivity contribution in [3.05, 3.63) is 41.9 Å². The van der Waals surface area contributed by atoms with Crippen LogP contribution in [0.25, 0.3) is 0 Å². The van der Waals surface area contributed by atoms with Crippen LogP contribution >= 0.6 is 11.6 Å². The fraction of sp³-hybridized carbons (Fsp3) is 0.100. The first-order valence-electron chi connectivity index (χ1n) is 3.72. The molecule has 0 saturated heterocycles. The molecule has 62 valence electrons. The Morgan fingerprint density at radius 2 is 1.92 bits per heavy atom. The molecule has 0 bridgehead atoms. The summed E-state index contributed by atoms with van der Waals surface area (Å²) in [6, 6.07) is 10.1. The van der Waals surface area contributed by atoms with Crippen molar-refractivity contribution in [3.8, 4) is 0 Å². The van der Waals surface area contributed by atoms with E-state index in [1.165, 1.54) is 5.54 Å². The van der Waals surface area contributed by atoms with Crippen molar-refractivity contribution in [2.75, 3.05) is 7.05 Å². The third-order valence-corrected chi connectivity index (χ3v) is 1.69. The van der Waals surface area contributed by atoms with E-state index in [1.807, 2.05) is 48.2 Å². The van der Waals surface area contributed by atoms with Crippen molar-refractivity contribution in [3.63, 3.8) is 0 Å². The molecule has 2 heteroatoms. The molecule has 1 nitrogen and oxygen atoms in total. The molecule has 1 rings (SSSR count). The SMILES string of the molecule is C[N+](=C/C=C/Cl)c1ccccc1. The first kappa shape index (κ1) is 9.01. The van der Waals surface area contributed by atoms with E-state index in [-0.39, 0.29) is 0 Å². The van der Waals surface area contributed by atoms with Gasteiger partial charge in [-0.3, -0.25) is 0 Å². The summed E-state index contributed by atoms with van der Waals surface area (Å²) in [6.45, 7) is 0. The van der Waals surface area contributed by atoms with E-state index in [1.54, 1.807) is 6.08 Å². The predicted molar refractivity (Wildman–Crippen MR) is 53.3 cm³/mol. The minimum absolute atomic E-state index is 1.15. The highest BCUT2D eigenvalue weighted by atomic mass is 35.5. The first-order chi connectivity index (χ1) is 5.84.